The summed E-state index contributed by atoms with van der Waals surface area (Å²) >= 11 is 1.38. The van der Waals surface area contributed by atoms with E-state index in [4.69, 9.17) is 5.26 Å². The number of piperidine rings is 1. The molecule has 0 radical (unpaired) electrons. The van der Waals surface area contributed by atoms with E-state index < -0.39 is 0 Å². The van der Waals surface area contributed by atoms with Crippen molar-refractivity contribution in [1.29, 1.82) is 5.26 Å². The van der Waals surface area contributed by atoms with E-state index in [9.17, 15) is 4.79 Å². The Bertz CT molecular complexity index is 415. The summed E-state index contributed by atoms with van der Waals surface area (Å²) in [6.45, 7) is 0.896. The first-order valence-corrected chi connectivity index (χ1v) is 6.21. The predicted octanol–water partition coefficient (Wildman–Crippen LogP) is 1.70. The fourth-order valence-corrected chi connectivity index (χ4v) is 2.51. The molecule has 1 aromatic heterocycles. The SMILES string of the molecule is N#Cc1ccsc1NC(=O)C1CCCCN1. The van der Waals surface area contributed by atoms with Crippen molar-refractivity contribution in [3.05, 3.63) is 17.0 Å². The normalized spacial score (nSPS) is 20.1. The van der Waals surface area contributed by atoms with Crippen molar-refractivity contribution in [1.82, 2.24) is 5.32 Å². The summed E-state index contributed by atoms with van der Waals surface area (Å²) in [7, 11) is 0. The molecule has 16 heavy (non-hydrogen) atoms. The molecule has 5 heteroatoms. The first-order valence-electron chi connectivity index (χ1n) is 5.33. The fourth-order valence-electron chi connectivity index (χ4n) is 1.77. The van der Waals surface area contributed by atoms with Gasteiger partial charge in [0.2, 0.25) is 5.91 Å². The van der Waals surface area contributed by atoms with Crippen LogP contribution in [0.5, 0.6) is 0 Å². The molecule has 0 saturated carbocycles. The number of carbonyl (C=O) groups excluding carboxylic acids is 1. The lowest BCUT2D eigenvalue weighted by molar-refractivity contribution is -0.118. The highest BCUT2D eigenvalue weighted by molar-refractivity contribution is 7.14. The van der Waals surface area contributed by atoms with Gasteiger partial charge in [0.15, 0.2) is 0 Å². The van der Waals surface area contributed by atoms with Crippen molar-refractivity contribution in [3.8, 4) is 6.07 Å². The van der Waals surface area contributed by atoms with Gasteiger partial charge in [0.25, 0.3) is 0 Å². The zero-order chi connectivity index (χ0) is 11.4. The summed E-state index contributed by atoms with van der Waals surface area (Å²) in [6.07, 6.45) is 3.09. The molecule has 2 heterocycles. The molecule has 2 N–H and O–H groups in total. The number of thiophene rings is 1. The minimum Gasteiger partial charge on any atom is -0.315 e. The molecule has 1 aromatic rings. The zero-order valence-electron chi connectivity index (χ0n) is 8.82. The van der Waals surface area contributed by atoms with Gasteiger partial charge in [-0.15, -0.1) is 11.3 Å². The van der Waals surface area contributed by atoms with Crippen LogP contribution in [0.25, 0.3) is 0 Å². The first kappa shape index (κ1) is 11.1. The molecule has 1 fully saturated rings. The molecule has 1 aliphatic heterocycles. The number of hydrogen-bond donors (Lipinski definition) is 2. The lowest BCUT2D eigenvalue weighted by Gasteiger charge is -2.22. The molecule has 1 saturated heterocycles. The molecule has 4 nitrogen and oxygen atoms in total. The fraction of sp³-hybridized carbons (Fsp3) is 0.455. The Morgan fingerprint density at radius 3 is 3.19 bits per heavy atom. The number of carbonyl (C=O) groups is 1. The minimum atomic E-state index is -0.109. The van der Waals surface area contributed by atoms with E-state index in [1.807, 2.05) is 5.38 Å². The number of hydrogen-bond acceptors (Lipinski definition) is 4. The van der Waals surface area contributed by atoms with Gasteiger partial charge in [-0.3, -0.25) is 4.79 Å². The Morgan fingerprint density at radius 1 is 1.62 bits per heavy atom. The van der Waals surface area contributed by atoms with Gasteiger partial charge in [0, 0.05) is 0 Å². The third-order valence-electron chi connectivity index (χ3n) is 2.65. The van der Waals surface area contributed by atoms with Gasteiger partial charge in [0.1, 0.15) is 11.1 Å². The van der Waals surface area contributed by atoms with Gasteiger partial charge in [-0.2, -0.15) is 5.26 Å². The van der Waals surface area contributed by atoms with Crippen molar-refractivity contribution in [2.75, 3.05) is 11.9 Å². The summed E-state index contributed by atoms with van der Waals surface area (Å²) in [5.74, 6) is -0.0290. The quantitative estimate of drug-likeness (QED) is 0.820. The highest BCUT2D eigenvalue weighted by Gasteiger charge is 2.21. The van der Waals surface area contributed by atoms with Gasteiger partial charge in [0.05, 0.1) is 11.6 Å². The van der Waals surface area contributed by atoms with E-state index in [0.29, 0.717) is 10.6 Å². The van der Waals surface area contributed by atoms with Crippen molar-refractivity contribution >= 4 is 22.2 Å². The van der Waals surface area contributed by atoms with Crippen LogP contribution in [-0.4, -0.2) is 18.5 Å². The van der Waals surface area contributed by atoms with Crippen LogP contribution < -0.4 is 10.6 Å². The molecule has 0 bridgehead atoms. The van der Waals surface area contributed by atoms with Crippen molar-refractivity contribution in [2.45, 2.75) is 25.3 Å². The molecule has 0 aliphatic carbocycles. The highest BCUT2D eigenvalue weighted by Crippen LogP contribution is 2.22. The Balaban J connectivity index is 1.99. The van der Waals surface area contributed by atoms with E-state index in [1.54, 1.807) is 6.07 Å². The van der Waals surface area contributed by atoms with Crippen LogP contribution in [0.3, 0.4) is 0 Å². The molecule has 1 aliphatic rings. The maximum Gasteiger partial charge on any atom is 0.242 e. The molecule has 1 unspecified atom stereocenters. The third-order valence-corrected chi connectivity index (χ3v) is 3.48. The summed E-state index contributed by atoms with van der Waals surface area (Å²) in [6, 6.07) is 3.67. The van der Waals surface area contributed by atoms with Crippen LogP contribution in [0, 0.1) is 11.3 Å². The standard InChI is InChI=1S/C11H13N3OS/c12-7-8-4-6-16-11(8)14-10(15)9-3-1-2-5-13-9/h4,6,9,13H,1-3,5H2,(H,14,15). The second-order valence-corrected chi connectivity index (χ2v) is 4.68. The van der Waals surface area contributed by atoms with E-state index >= 15 is 0 Å². The van der Waals surface area contributed by atoms with Crippen molar-refractivity contribution < 1.29 is 4.79 Å². The largest absolute Gasteiger partial charge is 0.315 e. The molecule has 0 aromatic carbocycles. The minimum absolute atomic E-state index is 0.0290. The Hall–Kier alpha value is -1.38. The maximum absolute atomic E-state index is 11.9. The summed E-state index contributed by atoms with van der Waals surface area (Å²) < 4.78 is 0. The maximum atomic E-state index is 11.9. The van der Waals surface area contributed by atoms with Crippen LogP contribution in [0.15, 0.2) is 11.4 Å². The van der Waals surface area contributed by atoms with E-state index in [0.717, 1.165) is 25.8 Å². The van der Waals surface area contributed by atoms with E-state index in [2.05, 4.69) is 16.7 Å². The van der Waals surface area contributed by atoms with E-state index in [-0.39, 0.29) is 11.9 Å². The highest BCUT2D eigenvalue weighted by atomic mass is 32.1. The monoisotopic (exact) mass is 235 g/mol. The smallest absolute Gasteiger partial charge is 0.242 e. The van der Waals surface area contributed by atoms with Crippen LogP contribution in [0.4, 0.5) is 5.00 Å². The second kappa shape index (κ2) is 5.10. The van der Waals surface area contributed by atoms with Crippen molar-refractivity contribution in [3.63, 3.8) is 0 Å². The van der Waals surface area contributed by atoms with Crippen LogP contribution in [0.2, 0.25) is 0 Å². The second-order valence-electron chi connectivity index (χ2n) is 3.77. The molecule has 1 atom stereocenters. The third kappa shape index (κ3) is 2.40. The Labute approximate surface area is 98.3 Å². The Morgan fingerprint density at radius 2 is 2.50 bits per heavy atom. The number of amides is 1. The lowest BCUT2D eigenvalue weighted by Crippen LogP contribution is -2.43. The molecular formula is C11H13N3OS. The van der Waals surface area contributed by atoms with Gasteiger partial charge in [-0.1, -0.05) is 6.42 Å². The number of nitriles is 1. The molecule has 2 rings (SSSR count). The summed E-state index contributed by atoms with van der Waals surface area (Å²) in [5, 5.41) is 17.3. The first-order chi connectivity index (χ1) is 7.81. The average molecular weight is 235 g/mol. The predicted molar refractivity (Wildman–Crippen MR) is 63.3 cm³/mol. The lowest BCUT2D eigenvalue weighted by atomic mass is 10.0. The number of nitrogens with one attached hydrogen (secondary N) is 2. The molecule has 1 amide bonds. The Kier molecular flexibility index (Phi) is 3.54. The van der Waals surface area contributed by atoms with Crippen LogP contribution in [-0.2, 0) is 4.79 Å². The number of anilines is 1. The topological polar surface area (TPSA) is 64.9 Å². The van der Waals surface area contributed by atoms with Gasteiger partial charge in [-0.25, -0.2) is 0 Å². The molecular weight excluding hydrogens is 222 g/mol. The summed E-state index contributed by atoms with van der Waals surface area (Å²) in [4.78, 5) is 11.9. The van der Waals surface area contributed by atoms with Gasteiger partial charge >= 0.3 is 0 Å². The molecule has 84 valence electrons. The van der Waals surface area contributed by atoms with Crippen molar-refractivity contribution in [2.24, 2.45) is 0 Å². The number of rotatable bonds is 2. The average Bonchev–Trinajstić information content (AvgIpc) is 2.77. The zero-order valence-corrected chi connectivity index (χ0v) is 9.64. The number of nitrogens with zero attached hydrogens (tertiary/aromatic N) is 1. The van der Waals surface area contributed by atoms with Crippen LogP contribution >= 0.6 is 11.3 Å². The van der Waals surface area contributed by atoms with E-state index in [1.165, 1.54) is 11.3 Å². The summed E-state index contributed by atoms with van der Waals surface area (Å²) in [5.41, 5.74) is 0.536. The van der Waals surface area contributed by atoms with Gasteiger partial charge < -0.3 is 10.6 Å². The van der Waals surface area contributed by atoms with Gasteiger partial charge in [-0.05, 0) is 30.8 Å². The van der Waals surface area contributed by atoms with Crippen LogP contribution in [0.1, 0.15) is 24.8 Å². The molecule has 0 spiro atoms.